The second-order valence-corrected chi connectivity index (χ2v) is 8.42. The monoisotopic (exact) mass is 435 g/mol. The highest BCUT2D eigenvalue weighted by Gasteiger charge is 2.53. The van der Waals surface area contributed by atoms with E-state index in [4.69, 9.17) is 9.47 Å². The lowest BCUT2D eigenvalue weighted by atomic mass is 9.72. The number of esters is 1. The summed E-state index contributed by atoms with van der Waals surface area (Å²) in [4.78, 5) is 27.1. The minimum atomic E-state index is -1.04. The topological polar surface area (TPSA) is 55.8 Å². The second-order valence-electron chi connectivity index (χ2n) is 8.42. The maximum absolute atomic E-state index is 13.3. The smallest absolute Gasteiger partial charge is 0.409 e. The molecule has 2 fully saturated rings. The van der Waals surface area contributed by atoms with Gasteiger partial charge in [0.25, 0.3) is 0 Å². The van der Waals surface area contributed by atoms with Crippen LogP contribution in [0.3, 0.4) is 0 Å². The average molecular weight is 435 g/mol. The van der Waals surface area contributed by atoms with Gasteiger partial charge in [-0.15, -0.1) is 0 Å². The molecule has 0 aromatic heterocycles. The summed E-state index contributed by atoms with van der Waals surface area (Å²) < 4.78 is 24.4. The Hall–Kier alpha value is -3.33. The van der Waals surface area contributed by atoms with E-state index in [-0.39, 0.29) is 23.6 Å². The molecule has 3 unspecified atom stereocenters. The molecule has 1 aliphatic heterocycles. The number of halogens is 1. The molecular weight excluding hydrogens is 409 g/mol. The van der Waals surface area contributed by atoms with Crippen molar-refractivity contribution in [2.24, 2.45) is 5.92 Å². The SMILES string of the molecule is COC(=O)N1CCC2C1CCCC2(C#Cc1cccc(C)c1)OC(=O)c1ccc(F)cc1. The number of carbonyl (C=O) groups excluding carboxylic acids is 2. The predicted octanol–water partition coefficient (Wildman–Crippen LogP) is 4.72. The van der Waals surface area contributed by atoms with Crippen LogP contribution >= 0.6 is 0 Å². The fourth-order valence-electron chi connectivity index (χ4n) is 4.88. The van der Waals surface area contributed by atoms with E-state index in [0.717, 1.165) is 24.0 Å². The third kappa shape index (κ3) is 4.34. The molecule has 2 aromatic rings. The number of nitrogens with zero attached hydrogens (tertiary/aromatic N) is 1. The molecule has 0 radical (unpaired) electrons. The number of hydrogen-bond acceptors (Lipinski definition) is 4. The van der Waals surface area contributed by atoms with E-state index in [1.54, 1.807) is 4.90 Å². The molecule has 6 heteroatoms. The van der Waals surface area contributed by atoms with Gasteiger partial charge in [-0.2, -0.15) is 0 Å². The number of aryl methyl sites for hydroxylation is 1. The summed E-state index contributed by atoms with van der Waals surface area (Å²) in [5.41, 5.74) is 1.16. The Balaban J connectivity index is 1.70. The van der Waals surface area contributed by atoms with Gasteiger partial charge in [0.2, 0.25) is 0 Å². The highest BCUT2D eigenvalue weighted by Crippen LogP contribution is 2.45. The number of ether oxygens (including phenoxy) is 2. The van der Waals surface area contributed by atoms with E-state index >= 15 is 0 Å². The van der Waals surface area contributed by atoms with Crippen LogP contribution in [-0.2, 0) is 9.47 Å². The molecule has 0 bridgehead atoms. The molecule has 1 saturated carbocycles. The number of carbonyl (C=O) groups is 2. The Labute approximate surface area is 187 Å². The second kappa shape index (κ2) is 9.04. The van der Waals surface area contributed by atoms with Gasteiger partial charge in [-0.05, 0) is 80.5 Å². The minimum absolute atomic E-state index is 0.107. The van der Waals surface area contributed by atoms with Crippen molar-refractivity contribution in [3.8, 4) is 11.8 Å². The van der Waals surface area contributed by atoms with Crippen LogP contribution in [-0.4, -0.2) is 42.3 Å². The standard InChI is InChI=1S/C26H26FNO4/c1-18-5-3-6-19(17-18)12-15-26(32-24(29)20-8-10-21(27)11-9-20)14-4-7-23-22(26)13-16-28(23)25(30)31-2/h3,5-6,8-11,17,22-23H,4,7,13-14,16H2,1-2H3. The maximum Gasteiger partial charge on any atom is 0.409 e. The molecule has 1 saturated heterocycles. The van der Waals surface area contributed by atoms with Crippen LogP contribution in [0.5, 0.6) is 0 Å². The van der Waals surface area contributed by atoms with Crippen LogP contribution in [0, 0.1) is 30.5 Å². The number of amides is 1. The first-order chi connectivity index (χ1) is 15.4. The number of rotatable bonds is 2. The summed E-state index contributed by atoms with van der Waals surface area (Å²) in [6.45, 7) is 2.53. The number of methoxy groups -OCH3 is 1. The Morgan fingerprint density at radius 1 is 1.16 bits per heavy atom. The van der Waals surface area contributed by atoms with Gasteiger partial charge >= 0.3 is 12.1 Å². The van der Waals surface area contributed by atoms with Gasteiger partial charge in [0.05, 0.1) is 12.7 Å². The number of benzene rings is 2. The minimum Gasteiger partial charge on any atom is -0.453 e. The summed E-state index contributed by atoms with van der Waals surface area (Å²) in [5, 5.41) is 0. The van der Waals surface area contributed by atoms with Crippen molar-refractivity contribution in [2.75, 3.05) is 13.7 Å². The van der Waals surface area contributed by atoms with Gasteiger partial charge in [-0.1, -0.05) is 18.1 Å². The first-order valence-electron chi connectivity index (χ1n) is 10.9. The highest BCUT2D eigenvalue weighted by atomic mass is 19.1. The van der Waals surface area contributed by atoms with E-state index in [1.165, 1.54) is 31.4 Å². The molecule has 1 amide bonds. The van der Waals surface area contributed by atoms with Crippen molar-refractivity contribution in [1.82, 2.24) is 4.90 Å². The fraction of sp³-hybridized carbons (Fsp3) is 0.385. The molecule has 32 heavy (non-hydrogen) atoms. The van der Waals surface area contributed by atoms with Crippen molar-refractivity contribution < 1.29 is 23.5 Å². The zero-order valence-electron chi connectivity index (χ0n) is 18.3. The van der Waals surface area contributed by atoms with Gasteiger partial charge < -0.3 is 14.4 Å². The van der Waals surface area contributed by atoms with Gasteiger partial charge in [0.15, 0.2) is 5.60 Å². The molecule has 0 spiro atoms. The van der Waals surface area contributed by atoms with E-state index in [0.29, 0.717) is 19.4 Å². The molecule has 1 heterocycles. The summed E-state index contributed by atoms with van der Waals surface area (Å²) in [6.07, 6.45) is 2.44. The van der Waals surface area contributed by atoms with E-state index < -0.39 is 17.4 Å². The van der Waals surface area contributed by atoms with Crippen LogP contribution < -0.4 is 0 Å². The predicted molar refractivity (Wildman–Crippen MR) is 117 cm³/mol. The molecule has 2 aromatic carbocycles. The number of likely N-dealkylation sites (tertiary alicyclic amines) is 1. The fourth-order valence-corrected chi connectivity index (χ4v) is 4.88. The quantitative estimate of drug-likeness (QED) is 0.506. The Bertz CT molecular complexity index is 1070. The van der Waals surface area contributed by atoms with Crippen LogP contribution in [0.4, 0.5) is 9.18 Å². The van der Waals surface area contributed by atoms with Crippen LogP contribution in [0.2, 0.25) is 0 Å². The van der Waals surface area contributed by atoms with Gasteiger partial charge in [0.1, 0.15) is 5.82 Å². The Morgan fingerprint density at radius 2 is 1.94 bits per heavy atom. The summed E-state index contributed by atoms with van der Waals surface area (Å²) in [5.74, 6) is 5.42. The van der Waals surface area contributed by atoms with Crippen LogP contribution in [0.1, 0.15) is 47.2 Å². The molecular formula is C26H26FNO4. The largest absolute Gasteiger partial charge is 0.453 e. The van der Waals surface area contributed by atoms with Crippen molar-refractivity contribution in [3.63, 3.8) is 0 Å². The summed E-state index contributed by atoms with van der Waals surface area (Å²) in [6, 6.07) is 13.0. The van der Waals surface area contributed by atoms with Crippen molar-refractivity contribution in [2.45, 2.75) is 44.2 Å². The maximum atomic E-state index is 13.3. The average Bonchev–Trinajstić information content (AvgIpc) is 3.23. The lowest BCUT2D eigenvalue weighted by Crippen LogP contribution is -2.51. The first-order valence-corrected chi connectivity index (χ1v) is 10.9. The van der Waals surface area contributed by atoms with Gasteiger partial charge in [0, 0.05) is 24.1 Å². The van der Waals surface area contributed by atoms with Crippen molar-refractivity contribution >= 4 is 12.1 Å². The van der Waals surface area contributed by atoms with Crippen molar-refractivity contribution in [1.29, 1.82) is 0 Å². The van der Waals surface area contributed by atoms with Gasteiger partial charge in [-0.25, -0.2) is 14.0 Å². The Morgan fingerprint density at radius 3 is 2.66 bits per heavy atom. The molecule has 5 nitrogen and oxygen atoms in total. The number of hydrogen-bond donors (Lipinski definition) is 0. The third-order valence-electron chi connectivity index (χ3n) is 6.39. The summed E-state index contributed by atoms with van der Waals surface area (Å²) in [7, 11) is 1.37. The normalized spacial score (nSPS) is 24.2. The van der Waals surface area contributed by atoms with Crippen LogP contribution in [0.15, 0.2) is 48.5 Å². The Kier molecular flexibility index (Phi) is 6.18. The third-order valence-corrected chi connectivity index (χ3v) is 6.39. The molecule has 3 atom stereocenters. The zero-order valence-corrected chi connectivity index (χ0v) is 18.3. The van der Waals surface area contributed by atoms with Gasteiger partial charge in [-0.3, -0.25) is 0 Å². The molecule has 0 N–H and O–H groups in total. The molecule has 1 aliphatic carbocycles. The molecule has 2 aliphatic rings. The highest BCUT2D eigenvalue weighted by molar-refractivity contribution is 5.90. The molecule has 4 rings (SSSR count). The van der Waals surface area contributed by atoms with E-state index in [9.17, 15) is 14.0 Å². The lowest BCUT2D eigenvalue weighted by molar-refractivity contribution is -0.0445. The zero-order chi connectivity index (χ0) is 22.7. The first kappa shape index (κ1) is 21.9. The van der Waals surface area contributed by atoms with E-state index in [1.807, 2.05) is 31.2 Å². The van der Waals surface area contributed by atoms with Crippen LogP contribution in [0.25, 0.3) is 0 Å². The van der Waals surface area contributed by atoms with E-state index in [2.05, 4.69) is 11.8 Å². The lowest BCUT2D eigenvalue weighted by Gasteiger charge is -2.42. The molecule has 166 valence electrons. The summed E-state index contributed by atoms with van der Waals surface area (Å²) >= 11 is 0. The number of fused-ring (bicyclic) bond motifs is 1. The van der Waals surface area contributed by atoms with Crippen molar-refractivity contribution in [3.05, 3.63) is 71.0 Å².